The molecule has 30 heavy (non-hydrogen) atoms. The molecule has 0 spiro atoms. The van der Waals surface area contributed by atoms with Crippen LogP contribution in [0, 0.1) is 17.0 Å². The smallest absolute Gasteiger partial charge is 0.287 e. The van der Waals surface area contributed by atoms with E-state index in [-0.39, 0.29) is 30.4 Å². The fourth-order valence-corrected chi connectivity index (χ4v) is 3.47. The maximum Gasteiger partial charge on any atom is 0.287 e. The number of hydrogen-bond donors (Lipinski definition) is 0. The number of nitrogens with zero attached hydrogens (tertiary/aromatic N) is 3. The van der Waals surface area contributed by atoms with Crippen LogP contribution in [0.25, 0.3) is 16.9 Å². The summed E-state index contributed by atoms with van der Waals surface area (Å²) in [5, 5.41) is 11.9. The molecule has 0 saturated heterocycles. The van der Waals surface area contributed by atoms with E-state index in [1.165, 1.54) is 0 Å². The number of hydrogen-bond acceptors (Lipinski definition) is 3. The lowest BCUT2D eigenvalue weighted by Crippen LogP contribution is -3.00. The topological polar surface area (TPSA) is 69.2 Å². The summed E-state index contributed by atoms with van der Waals surface area (Å²) in [6, 6.07) is 17.5. The number of benzene rings is 2. The van der Waals surface area contributed by atoms with E-state index in [4.69, 9.17) is 11.6 Å². The van der Waals surface area contributed by atoms with Crippen LogP contribution in [0.1, 0.15) is 15.9 Å². The van der Waals surface area contributed by atoms with E-state index in [1.54, 1.807) is 43.3 Å². The van der Waals surface area contributed by atoms with Crippen LogP contribution < -0.4 is 16.8 Å². The molecule has 2 aromatic carbocycles. The van der Waals surface area contributed by atoms with Crippen molar-refractivity contribution in [2.45, 2.75) is 13.5 Å². The third-order valence-electron chi connectivity index (χ3n) is 4.87. The molecule has 0 aliphatic heterocycles. The van der Waals surface area contributed by atoms with E-state index in [0.29, 0.717) is 21.7 Å². The number of carbonyl (C=O) groups is 1. The summed E-state index contributed by atoms with van der Waals surface area (Å²) in [6.45, 7) is 1.80. The van der Waals surface area contributed by atoms with Gasteiger partial charge in [-0.2, -0.15) is 0 Å². The Morgan fingerprint density at radius 2 is 1.87 bits per heavy atom. The number of aryl methyl sites for hydroxylation is 1. The van der Waals surface area contributed by atoms with Gasteiger partial charge < -0.3 is 12.4 Å². The highest BCUT2D eigenvalue weighted by molar-refractivity contribution is 6.30. The molecule has 4 rings (SSSR count). The summed E-state index contributed by atoms with van der Waals surface area (Å²) >= 11 is 5.92. The highest BCUT2D eigenvalue weighted by Crippen LogP contribution is 2.28. The van der Waals surface area contributed by atoms with Crippen LogP contribution >= 0.6 is 11.6 Å². The molecule has 152 valence electrons. The second-order valence-electron chi connectivity index (χ2n) is 6.76. The minimum Gasteiger partial charge on any atom is -1.00 e. The number of nitro benzene ring substituents is 1. The fourth-order valence-electron chi connectivity index (χ4n) is 3.34. The maximum atomic E-state index is 12.9. The molecule has 0 unspecified atom stereocenters. The van der Waals surface area contributed by atoms with E-state index in [2.05, 4.69) is 0 Å². The second-order valence-corrected chi connectivity index (χ2v) is 7.19. The van der Waals surface area contributed by atoms with Gasteiger partial charge in [-0.3, -0.25) is 14.9 Å². The van der Waals surface area contributed by atoms with Gasteiger partial charge in [-0.05, 0) is 43.3 Å². The normalized spacial score (nSPS) is 10.6. The molecule has 0 N–H and O–H groups in total. The lowest BCUT2D eigenvalue weighted by Gasteiger charge is -2.05. The Kier molecular flexibility index (Phi) is 6.20. The summed E-state index contributed by atoms with van der Waals surface area (Å²) in [5.74, 6) is -0.0773. The van der Waals surface area contributed by atoms with Gasteiger partial charge in [-0.15, -0.1) is 0 Å². The van der Waals surface area contributed by atoms with Crippen molar-refractivity contribution in [3.8, 4) is 11.3 Å². The van der Waals surface area contributed by atoms with E-state index in [1.807, 2.05) is 45.6 Å². The average Bonchev–Trinajstić information content (AvgIpc) is 3.07. The number of ketones is 1. The Morgan fingerprint density at radius 3 is 2.57 bits per heavy atom. The largest absolute Gasteiger partial charge is 1.00 e. The quantitative estimate of drug-likeness (QED) is 0.204. The van der Waals surface area contributed by atoms with Gasteiger partial charge in [0.25, 0.3) is 11.3 Å². The standard InChI is InChI=1S/C22H17ClN3O3.ClH/c1-15-5-6-17(12-19(15)26(28)29)20-13-24-11-3-2-4-22(24)25(20)14-21(27)16-7-9-18(23)10-8-16;/h2-13H,14H2,1H3;1H/q+1;/p-1. The molecular formula is C22H17Cl2N3O3. The van der Waals surface area contributed by atoms with Gasteiger partial charge in [0, 0.05) is 33.8 Å². The number of halogens is 2. The van der Waals surface area contributed by atoms with Crippen molar-refractivity contribution >= 4 is 28.7 Å². The molecule has 6 nitrogen and oxygen atoms in total. The predicted molar refractivity (Wildman–Crippen MR) is 110 cm³/mol. The van der Waals surface area contributed by atoms with Gasteiger partial charge in [0.15, 0.2) is 12.2 Å². The molecule has 2 aromatic heterocycles. The first-order valence-corrected chi connectivity index (χ1v) is 9.35. The van der Waals surface area contributed by atoms with Gasteiger partial charge in [0.1, 0.15) is 6.20 Å². The Labute approximate surface area is 183 Å². The van der Waals surface area contributed by atoms with Crippen molar-refractivity contribution in [1.29, 1.82) is 0 Å². The number of fused-ring (bicyclic) bond motifs is 1. The molecule has 0 radical (unpaired) electrons. The molecular weight excluding hydrogens is 425 g/mol. The first kappa shape index (κ1) is 21.5. The molecule has 0 fully saturated rings. The van der Waals surface area contributed by atoms with Crippen LogP contribution in [0.5, 0.6) is 0 Å². The van der Waals surface area contributed by atoms with Crippen molar-refractivity contribution in [1.82, 2.24) is 4.57 Å². The van der Waals surface area contributed by atoms with Gasteiger partial charge >= 0.3 is 0 Å². The number of imidazole rings is 1. The van der Waals surface area contributed by atoms with Crippen LogP contribution in [0.4, 0.5) is 5.69 Å². The van der Waals surface area contributed by atoms with Gasteiger partial charge in [-0.1, -0.05) is 23.7 Å². The summed E-state index contributed by atoms with van der Waals surface area (Å²) < 4.78 is 3.77. The summed E-state index contributed by atoms with van der Waals surface area (Å²) in [6.07, 6.45) is 3.75. The highest BCUT2D eigenvalue weighted by Gasteiger charge is 2.23. The van der Waals surface area contributed by atoms with E-state index >= 15 is 0 Å². The van der Waals surface area contributed by atoms with Crippen LogP contribution in [0.3, 0.4) is 0 Å². The molecule has 8 heteroatoms. The predicted octanol–water partition coefficient (Wildman–Crippen LogP) is 1.65. The monoisotopic (exact) mass is 441 g/mol. The van der Waals surface area contributed by atoms with E-state index in [0.717, 1.165) is 11.3 Å². The summed E-state index contributed by atoms with van der Waals surface area (Å²) in [5.41, 5.74) is 3.40. The Balaban J connectivity index is 0.00000256. The van der Waals surface area contributed by atoms with Crippen molar-refractivity contribution in [2.75, 3.05) is 0 Å². The van der Waals surface area contributed by atoms with E-state index < -0.39 is 4.92 Å². The van der Waals surface area contributed by atoms with Gasteiger partial charge in [-0.25, -0.2) is 8.97 Å². The number of nitro groups is 1. The first-order valence-electron chi connectivity index (χ1n) is 8.98. The first-order chi connectivity index (χ1) is 13.9. The van der Waals surface area contributed by atoms with Crippen LogP contribution in [0.15, 0.2) is 73.1 Å². The zero-order chi connectivity index (χ0) is 20.5. The SMILES string of the molecule is Cc1ccc(-c2c[n+]3ccccc3n2CC(=O)c2ccc(Cl)cc2)cc1[N+](=O)[O-].[Cl-]. The molecule has 0 saturated carbocycles. The molecule has 0 atom stereocenters. The summed E-state index contributed by atoms with van der Waals surface area (Å²) in [7, 11) is 0. The Morgan fingerprint density at radius 1 is 1.13 bits per heavy atom. The number of Topliss-reactive ketones (excluding diaryl/α,β-unsaturated/α-hetero) is 1. The fraction of sp³-hybridized carbons (Fsp3) is 0.0909. The van der Waals surface area contributed by atoms with Crippen molar-refractivity contribution < 1.29 is 26.5 Å². The number of pyridine rings is 1. The average molecular weight is 442 g/mol. The molecule has 0 aliphatic rings. The van der Waals surface area contributed by atoms with Crippen molar-refractivity contribution in [2.24, 2.45) is 0 Å². The Bertz CT molecular complexity index is 1250. The number of rotatable bonds is 5. The maximum absolute atomic E-state index is 12.9. The minimum atomic E-state index is -0.391. The van der Waals surface area contributed by atoms with Crippen molar-refractivity contribution in [3.63, 3.8) is 0 Å². The highest BCUT2D eigenvalue weighted by atomic mass is 35.5. The lowest BCUT2D eigenvalue weighted by molar-refractivity contribution is -0.510. The third kappa shape index (κ3) is 4.06. The molecule has 4 aromatic rings. The van der Waals surface area contributed by atoms with Crippen LogP contribution in [-0.2, 0) is 6.54 Å². The number of carbonyl (C=O) groups excluding carboxylic acids is 1. The number of aromatic nitrogens is 2. The second kappa shape index (κ2) is 8.65. The third-order valence-corrected chi connectivity index (χ3v) is 5.12. The molecule has 0 amide bonds. The van der Waals surface area contributed by atoms with Crippen molar-refractivity contribution in [3.05, 3.63) is 99.3 Å². The molecule has 0 aliphatic carbocycles. The minimum absolute atomic E-state index is 0. The zero-order valence-corrected chi connectivity index (χ0v) is 17.5. The van der Waals surface area contributed by atoms with Gasteiger partial charge in [0.05, 0.1) is 11.1 Å². The Hall–Kier alpha value is -3.22. The molecule has 2 heterocycles. The van der Waals surface area contributed by atoms with Crippen LogP contribution in [0.2, 0.25) is 5.02 Å². The van der Waals surface area contributed by atoms with E-state index in [9.17, 15) is 14.9 Å². The molecule has 0 bridgehead atoms. The zero-order valence-electron chi connectivity index (χ0n) is 16.0. The van der Waals surface area contributed by atoms with Crippen LogP contribution in [-0.4, -0.2) is 15.3 Å². The summed E-state index contributed by atoms with van der Waals surface area (Å²) in [4.78, 5) is 23.9. The lowest BCUT2D eigenvalue weighted by atomic mass is 10.1. The van der Waals surface area contributed by atoms with Gasteiger partial charge in [0.2, 0.25) is 5.78 Å².